The van der Waals surface area contributed by atoms with Gasteiger partial charge in [0, 0.05) is 25.6 Å². The molecule has 4 N–H and O–H groups in total. The number of nitrogens with one attached hydrogen (secondary N) is 2. The zero-order valence-electron chi connectivity index (χ0n) is 11.2. The summed E-state index contributed by atoms with van der Waals surface area (Å²) in [6.45, 7) is 0.372. The first-order chi connectivity index (χ1) is 9.33. The highest BCUT2D eigenvalue weighted by Crippen LogP contribution is 2.23. The lowest BCUT2D eigenvalue weighted by atomic mass is 10.1. The first-order valence-electron chi connectivity index (χ1n) is 6.25. The third-order valence-electron chi connectivity index (χ3n) is 2.75. The zero-order valence-corrected chi connectivity index (χ0v) is 11.2. The van der Waals surface area contributed by atoms with E-state index >= 15 is 0 Å². The molecule has 0 atom stereocenters. The van der Waals surface area contributed by atoms with Crippen LogP contribution in [0.4, 0.5) is 24.5 Å². The molecule has 20 heavy (non-hydrogen) atoms. The minimum absolute atomic E-state index is 0.0611. The number of carbonyl (C=O) groups excluding carboxylic acids is 1. The predicted octanol–water partition coefficient (Wildman–Crippen LogP) is 2.77. The molecule has 0 saturated carbocycles. The lowest BCUT2D eigenvalue weighted by Gasteiger charge is -2.11. The summed E-state index contributed by atoms with van der Waals surface area (Å²) >= 11 is 0. The van der Waals surface area contributed by atoms with E-state index in [1.165, 1.54) is 7.05 Å². The molecule has 0 aromatic heterocycles. The monoisotopic (exact) mass is 289 g/mol. The van der Waals surface area contributed by atoms with E-state index in [1.54, 1.807) is 18.2 Å². The van der Waals surface area contributed by atoms with Gasteiger partial charge in [-0.15, -0.1) is 0 Å². The van der Waals surface area contributed by atoms with Crippen molar-refractivity contribution in [1.82, 2.24) is 5.32 Å². The van der Waals surface area contributed by atoms with E-state index in [2.05, 4.69) is 10.6 Å². The van der Waals surface area contributed by atoms with Crippen LogP contribution in [0.1, 0.15) is 29.6 Å². The van der Waals surface area contributed by atoms with Crippen molar-refractivity contribution < 1.29 is 18.0 Å². The number of unbranched alkanes of at least 4 members (excludes halogenated alkanes) is 1. The van der Waals surface area contributed by atoms with Crippen molar-refractivity contribution in [3.8, 4) is 0 Å². The molecule has 112 valence electrons. The Morgan fingerprint density at radius 1 is 1.30 bits per heavy atom. The summed E-state index contributed by atoms with van der Waals surface area (Å²) in [5.41, 5.74) is 7.19. The molecule has 0 radical (unpaired) electrons. The normalized spacial score (nSPS) is 11.2. The molecule has 0 aliphatic rings. The zero-order chi connectivity index (χ0) is 15.2. The van der Waals surface area contributed by atoms with Crippen molar-refractivity contribution in [1.29, 1.82) is 0 Å². The van der Waals surface area contributed by atoms with Gasteiger partial charge in [-0.2, -0.15) is 13.2 Å². The summed E-state index contributed by atoms with van der Waals surface area (Å²) in [6, 6.07) is 4.75. The predicted molar refractivity (Wildman–Crippen MR) is 72.6 cm³/mol. The van der Waals surface area contributed by atoms with Gasteiger partial charge in [0.05, 0.1) is 11.4 Å². The van der Waals surface area contributed by atoms with Crippen LogP contribution in [0.15, 0.2) is 18.2 Å². The van der Waals surface area contributed by atoms with Gasteiger partial charge < -0.3 is 16.4 Å². The largest absolute Gasteiger partial charge is 0.397 e. The fourth-order valence-electron chi connectivity index (χ4n) is 1.67. The highest BCUT2D eigenvalue weighted by atomic mass is 19.4. The lowest BCUT2D eigenvalue weighted by Crippen LogP contribution is -2.18. The Hall–Kier alpha value is -1.92. The van der Waals surface area contributed by atoms with Crippen LogP contribution in [0.5, 0.6) is 0 Å². The van der Waals surface area contributed by atoms with Crippen LogP contribution < -0.4 is 16.4 Å². The first kappa shape index (κ1) is 16.1. The maximum absolute atomic E-state index is 12.0. The van der Waals surface area contributed by atoms with Crippen LogP contribution in [0, 0.1) is 0 Å². The highest BCUT2D eigenvalue weighted by Gasteiger charge is 2.25. The van der Waals surface area contributed by atoms with E-state index in [0.717, 1.165) is 0 Å². The van der Waals surface area contributed by atoms with Gasteiger partial charge >= 0.3 is 6.18 Å². The number of carbonyl (C=O) groups is 1. The van der Waals surface area contributed by atoms with Crippen LogP contribution in [0.2, 0.25) is 0 Å². The van der Waals surface area contributed by atoms with E-state index in [0.29, 0.717) is 29.9 Å². The second-order valence-electron chi connectivity index (χ2n) is 4.38. The SMILES string of the molecule is CNC(=O)c1ccc(N)c(NCCCCC(F)(F)F)c1. The molecular weight excluding hydrogens is 271 g/mol. The fraction of sp³-hybridized carbons (Fsp3) is 0.462. The molecule has 0 unspecified atom stereocenters. The Morgan fingerprint density at radius 2 is 2.00 bits per heavy atom. The van der Waals surface area contributed by atoms with E-state index in [-0.39, 0.29) is 12.3 Å². The average molecular weight is 289 g/mol. The molecule has 7 heteroatoms. The second kappa shape index (κ2) is 7.02. The molecular formula is C13H18F3N3O. The molecule has 1 aromatic rings. The molecule has 1 amide bonds. The molecule has 4 nitrogen and oxygen atoms in total. The minimum Gasteiger partial charge on any atom is -0.397 e. The van der Waals surface area contributed by atoms with Crippen molar-refractivity contribution >= 4 is 17.3 Å². The number of hydrogen-bond acceptors (Lipinski definition) is 3. The first-order valence-corrected chi connectivity index (χ1v) is 6.25. The summed E-state index contributed by atoms with van der Waals surface area (Å²) in [4.78, 5) is 11.5. The van der Waals surface area contributed by atoms with Crippen molar-refractivity contribution in [3.63, 3.8) is 0 Å². The summed E-state index contributed by atoms with van der Waals surface area (Å²) in [5, 5.41) is 5.43. The highest BCUT2D eigenvalue weighted by molar-refractivity contribution is 5.96. The van der Waals surface area contributed by atoms with E-state index in [9.17, 15) is 18.0 Å². The standard InChI is InChI=1S/C13H18F3N3O/c1-18-12(20)9-4-5-10(17)11(8-9)19-7-3-2-6-13(14,15)16/h4-5,8,19H,2-3,6-7,17H2,1H3,(H,18,20). The number of alkyl halides is 3. The van der Waals surface area contributed by atoms with Crippen LogP contribution in [-0.4, -0.2) is 25.7 Å². The van der Waals surface area contributed by atoms with Crippen molar-refractivity contribution in [2.75, 3.05) is 24.6 Å². The third kappa shape index (κ3) is 5.38. The maximum atomic E-state index is 12.0. The van der Waals surface area contributed by atoms with Gasteiger partial charge in [-0.25, -0.2) is 0 Å². The van der Waals surface area contributed by atoms with Gasteiger partial charge in [0.15, 0.2) is 0 Å². The summed E-state index contributed by atoms with van der Waals surface area (Å²) < 4.78 is 35.9. The molecule has 0 fully saturated rings. The van der Waals surface area contributed by atoms with E-state index in [4.69, 9.17) is 5.73 Å². The number of rotatable bonds is 6. The maximum Gasteiger partial charge on any atom is 0.389 e. The molecule has 0 heterocycles. The summed E-state index contributed by atoms with van der Waals surface area (Å²) in [6.07, 6.45) is -4.46. The Balaban J connectivity index is 2.49. The third-order valence-corrected chi connectivity index (χ3v) is 2.75. The van der Waals surface area contributed by atoms with Crippen molar-refractivity contribution in [2.45, 2.75) is 25.4 Å². The number of hydrogen-bond donors (Lipinski definition) is 3. The van der Waals surface area contributed by atoms with Crippen LogP contribution in [0.3, 0.4) is 0 Å². The number of nitrogen functional groups attached to an aromatic ring is 1. The van der Waals surface area contributed by atoms with Crippen molar-refractivity contribution in [3.05, 3.63) is 23.8 Å². The Labute approximate surface area is 115 Å². The topological polar surface area (TPSA) is 67.2 Å². The number of anilines is 2. The smallest absolute Gasteiger partial charge is 0.389 e. The molecule has 1 aromatic carbocycles. The van der Waals surface area contributed by atoms with Crippen LogP contribution >= 0.6 is 0 Å². The van der Waals surface area contributed by atoms with E-state index in [1.807, 2.05) is 0 Å². The van der Waals surface area contributed by atoms with Crippen LogP contribution in [0.25, 0.3) is 0 Å². The van der Waals surface area contributed by atoms with E-state index < -0.39 is 12.6 Å². The number of amides is 1. The number of nitrogens with two attached hydrogens (primary N) is 1. The quantitative estimate of drug-likeness (QED) is 0.557. The second-order valence-corrected chi connectivity index (χ2v) is 4.38. The van der Waals surface area contributed by atoms with Gasteiger partial charge in [0.2, 0.25) is 0 Å². The number of halogens is 3. The Bertz CT molecular complexity index is 461. The average Bonchev–Trinajstić information content (AvgIpc) is 2.38. The van der Waals surface area contributed by atoms with Gasteiger partial charge in [-0.1, -0.05) is 0 Å². The van der Waals surface area contributed by atoms with Gasteiger partial charge in [0.1, 0.15) is 0 Å². The summed E-state index contributed by atoms with van der Waals surface area (Å²) in [5.74, 6) is -0.245. The lowest BCUT2D eigenvalue weighted by molar-refractivity contribution is -0.135. The molecule has 0 aliphatic carbocycles. The minimum atomic E-state index is -4.11. The van der Waals surface area contributed by atoms with Crippen LogP contribution in [-0.2, 0) is 0 Å². The van der Waals surface area contributed by atoms with Gasteiger partial charge in [-0.3, -0.25) is 4.79 Å². The van der Waals surface area contributed by atoms with Crippen molar-refractivity contribution in [2.24, 2.45) is 0 Å². The van der Waals surface area contributed by atoms with Gasteiger partial charge in [0.25, 0.3) is 5.91 Å². The van der Waals surface area contributed by atoms with Gasteiger partial charge in [-0.05, 0) is 31.0 Å². The molecule has 0 saturated heterocycles. The molecule has 0 spiro atoms. The Morgan fingerprint density at radius 3 is 2.60 bits per heavy atom. The number of benzene rings is 1. The molecule has 1 rings (SSSR count). The molecule has 0 bridgehead atoms. The Kier molecular flexibility index (Phi) is 5.66. The fourth-order valence-corrected chi connectivity index (χ4v) is 1.67. The molecule has 0 aliphatic heterocycles. The summed E-state index contributed by atoms with van der Waals surface area (Å²) in [7, 11) is 1.52.